The number of nitrogens with zero attached hydrogens (tertiary/aromatic N) is 4. The Balaban J connectivity index is 2.15. The van der Waals surface area contributed by atoms with Crippen molar-refractivity contribution < 1.29 is 19.2 Å². The molecule has 0 N–H and O–H groups in total. The maximum Gasteiger partial charge on any atom is 0.237 e. The highest BCUT2D eigenvalue weighted by Crippen LogP contribution is 2.22. The van der Waals surface area contributed by atoms with E-state index in [1.165, 1.54) is 24.3 Å². The summed E-state index contributed by atoms with van der Waals surface area (Å²) in [5, 5.41) is 0. The summed E-state index contributed by atoms with van der Waals surface area (Å²) in [7, 11) is 0. The number of rotatable bonds is 8. The molecule has 2 aromatic carbocycles. The molecule has 0 aliphatic carbocycles. The minimum absolute atomic E-state index is 0.571. The molecule has 0 spiro atoms. The lowest BCUT2D eigenvalue weighted by atomic mass is 10.0. The zero-order valence-corrected chi connectivity index (χ0v) is 13.9. The van der Waals surface area contributed by atoms with E-state index in [0.29, 0.717) is 17.5 Å². The highest BCUT2D eigenvalue weighted by Gasteiger charge is 2.10. The highest BCUT2D eigenvalue weighted by atomic mass is 16.1. The molecule has 0 aliphatic rings. The van der Waals surface area contributed by atoms with E-state index in [9.17, 15) is 19.2 Å². The van der Waals surface area contributed by atoms with Crippen LogP contribution in [0, 0.1) is 0 Å². The normalized spacial score (nSPS) is 11.6. The van der Waals surface area contributed by atoms with Gasteiger partial charge in [-0.3, -0.25) is 0 Å². The largest absolute Gasteiger partial charge is 0.237 e. The lowest BCUT2D eigenvalue weighted by Crippen LogP contribution is -1.95. The molecule has 8 heteroatoms. The second kappa shape index (κ2) is 10.1. The summed E-state index contributed by atoms with van der Waals surface area (Å²) in [5.41, 5.74) is 3.09. The monoisotopic (exact) mass is 360 g/mol. The number of isocyanates is 4. The van der Waals surface area contributed by atoms with Crippen LogP contribution in [0.5, 0.6) is 0 Å². The molecule has 0 saturated heterocycles. The van der Waals surface area contributed by atoms with Crippen LogP contribution in [0.2, 0.25) is 0 Å². The minimum atomic E-state index is -0.943. The average molecular weight is 360 g/mol. The number of hydrogen-bond acceptors (Lipinski definition) is 8. The first-order valence-corrected chi connectivity index (χ1v) is 7.67. The van der Waals surface area contributed by atoms with E-state index in [4.69, 9.17) is 0 Å². The van der Waals surface area contributed by atoms with E-state index in [2.05, 4.69) is 20.0 Å². The third-order valence-corrected chi connectivity index (χ3v) is 3.66. The fraction of sp³-hybridized carbons (Fsp3) is 0.158. The molecule has 132 valence electrons. The van der Waals surface area contributed by atoms with Gasteiger partial charge in [-0.15, -0.1) is 0 Å². The van der Waals surface area contributed by atoms with Gasteiger partial charge in [-0.1, -0.05) is 48.5 Å². The molecule has 2 rings (SSSR count). The van der Waals surface area contributed by atoms with E-state index < -0.39 is 12.3 Å². The molecular weight excluding hydrogens is 348 g/mol. The Kier molecular flexibility index (Phi) is 7.19. The summed E-state index contributed by atoms with van der Waals surface area (Å²) < 4.78 is 0. The van der Waals surface area contributed by atoms with Gasteiger partial charge in [0, 0.05) is 0 Å². The Hall–Kier alpha value is -4.04. The van der Waals surface area contributed by atoms with Crippen LogP contribution in [0.15, 0.2) is 68.5 Å². The smallest absolute Gasteiger partial charge is 0.211 e. The van der Waals surface area contributed by atoms with Crippen molar-refractivity contribution in [2.75, 3.05) is 0 Å². The third-order valence-electron chi connectivity index (χ3n) is 3.66. The SMILES string of the molecule is O=C=NC(N=C=O)c1ccc(Cc2ccc(C(N=C=O)N=C=O)cc2)cc1. The van der Waals surface area contributed by atoms with Crippen LogP contribution < -0.4 is 0 Å². The van der Waals surface area contributed by atoms with Gasteiger partial charge in [0.1, 0.15) is 0 Å². The summed E-state index contributed by atoms with van der Waals surface area (Å²) in [6.45, 7) is 0. The molecule has 2 aromatic rings. The van der Waals surface area contributed by atoms with Gasteiger partial charge in [-0.2, -0.15) is 20.0 Å². The first-order chi connectivity index (χ1) is 13.2. The molecule has 27 heavy (non-hydrogen) atoms. The van der Waals surface area contributed by atoms with Crippen molar-refractivity contribution in [1.29, 1.82) is 0 Å². The molecule has 0 radical (unpaired) electrons. The Morgan fingerprint density at radius 2 is 0.852 bits per heavy atom. The van der Waals surface area contributed by atoms with Crippen molar-refractivity contribution in [1.82, 2.24) is 0 Å². The molecule has 0 heterocycles. The van der Waals surface area contributed by atoms with Crippen molar-refractivity contribution >= 4 is 24.3 Å². The molecule has 0 aromatic heterocycles. The van der Waals surface area contributed by atoms with Gasteiger partial charge in [-0.05, 0) is 28.7 Å². The Morgan fingerprint density at radius 3 is 1.11 bits per heavy atom. The number of carbonyl (C=O) groups excluding carboxylic acids is 4. The van der Waals surface area contributed by atoms with Gasteiger partial charge >= 0.3 is 0 Å². The topological polar surface area (TPSA) is 118 Å². The molecule has 0 amide bonds. The summed E-state index contributed by atoms with van der Waals surface area (Å²) in [5.74, 6) is 0. The Bertz CT molecular complexity index is 858. The van der Waals surface area contributed by atoms with Crippen LogP contribution in [-0.2, 0) is 25.6 Å². The van der Waals surface area contributed by atoms with Crippen molar-refractivity contribution in [3.63, 3.8) is 0 Å². The molecule has 0 fully saturated rings. The standard InChI is InChI=1S/C19H12N4O4/c24-10-20-18(21-11-25)16-5-1-14(2-6-16)9-15-3-7-17(8-4-15)19(22-12-26)23-13-27/h1-8,18-19H,9H2. The lowest BCUT2D eigenvalue weighted by molar-refractivity contribution is 0.550. The number of aliphatic imine (C=N–C) groups is 4. The van der Waals surface area contributed by atoms with Crippen LogP contribution in [-0.4, -0.2) is 24.3 Å². The van der Waals surface area contributed by atoms with Gasteiger partial charge in [0.15, 0.2) is 12.3 Å². The molecule has 0 aliphatic heterocycles. The summed E-state index contributed by atoms with van der Waals surface area (Å²) >= 11 is 0. The van der Waals surface area contributed by atoms with Crippen molar-refractivity contribution in [3.8, 4) is 0 Å². The Morgan fingerprint density at radius 1 is 0.556 bits per heavy atom. The predicted octanol–water partition coefficient (Wildman–Crippen LogP) is 2.62. The fourth-order valence-corrected chi connectivity index (χ4v) is 2.41. The molecule has 0 unspecified atom stereocenters. The summed E-state index contributed by atoms with van der Waals surface area (Å²) in [4.78, 5) is 55.4. The van der Waals surface area contributed by atoms with Crippen molar-refractivity contribution in [2.45, 2.75) is 18.8 Å². The maximum atomic E-state index is 10.4. The van der Waals surface area contributed by atoms with E-state index in [1.54, 1.807) is 24.3 Å². The van der Waals surface area contributed by atoms with Gasteiger partial charge in [0.05, 0.1) is 0 Å². The quantitative estimate of drug-likeness (QED) is 0.531. The van der Waals surface area contributed by atoms with Crippen molar-refractivity contribution in [3.05, 3.63) is 70.8 Å². The Labute approximate surface area is 153 Å². The van der Waals surface area contributed by atoms with Crippen LogP contribution in [0.4, 0.5) is 0 Å². The van der Waals surface area contributed by atoms with Crippen LogP contribution in [0.1, 0.15) is 34.6 Å². The van der Waals surface area contributed by atoms with E-state index in [-0.39, 0.29) is 0 Å². The van der Waals surface area contributed by atoms with Crippen LogP contribution in [0.25, 0.3) is 0 Å². The predicted molar refractivity (Wildman–Crippen MR) is 93.7 cm³/mol. The molecule has 0 saturated carbocycles. The average Bonchev–Trinajstić information content (AvgIpc) is 2.69. The zero-order chi connectivity index (χ0) is 19.5. The minimum Gasteiger partial charge on any atom is -0.211 e. The summed E-state index contributed by atoms with van der Waals surface area (Å²) in [6.07, 6.45) is 4.23. The highest BCUT2D eigenvalue weighted by molar-refractivity contribution is 5.41. The number of benzene rings is 2. The lowest BCUT2D eigenvalue weighted by Gasteiger charge is -2.08. The maximum absolute atomic E-state index is 10.4. The third kappa shape index (κ3) is 5.48. The summed E-state index contributed by atoms with van der Waals surface area (Å²) in [6, 6.07) is 14.2. The van der Waals surface area contributed by atoms with Gasteiger partial charge < -0.3 is 0 Å². The van der Waals surface area contributed by atoms with Gasteiger partial charge in [-0.25, -0.2) is 19.2 Å². The second-order valence-electron chi connectivity index (χ2n) is 5.29. The van der Waals surface area contributed by atoms with Crippen LogP contribution in [0.3, 0.4) is 0 Å². The first kappa shape index (κ1) is 19.3. The van der Waals surface area contributed by atoms with Crippen molar-refractivity contribution in [2.24, 2.45) is 20.0 Å². The van der Waals surface area contributed by atoms with E-state index >= 15 is 0 Å². The van der Waals surface area contributed by atoms with Gasteiger partial charge in [0.25, 0.3) is 0 Å². The molecular formula is C19H12N4O4. The zero-order valence-electron chi connectivity index (χ0n) is 13.9. The first-order valence-electron chi connectivity index (χ1n) is 7.67. The number of hydrogen-bond donors (Lipinski definition) is 0. The van der Waals surface area contributed by atoms with Gasteiger partial charge in [0.2, 0.25) is 24.3 Å². The van der Waals surface area contributed by atoms with E-state index in [0.717, 1.165) is 11.1 Å². The van der Waals surface area contributed by atoms with E-state index in [1.807, 2.05) is 24.3 Å². The molecule has 0 bridgehead atoms. The second-order valence-corrected chi connectivity index (χ2v) is 5.29. The fourth-order valence-electron chi connectivity index (χ4n) is 2.41. The molecule has 8 nitrogen and oxygen atoms in total. The molecule has 0 atom stereocenters. The van der Waals surface area contributed by atoms with Crippen LogP contribution >= 0.6 is 0 Å².